The number of hydrogen-bond donors (Lipinski definition) is 1. The zero-order valence-electron chi connectivity index (χ0n) is 14.6. The number of nitrogens with zero attached hydrogens (tertiary/aromatic N) is 1. The Labute approximate surface area is 130 Å². The van der Waals surface area contributed by atoms with E-state index in [1.54, 1.807) is 7.11 Å². The van der Waals surface area contributed by atoms with Gasteiger partial charge < -0.3 is 15.0 Å². The van der Waals surface area contributed by atoms with Gasteiger partial charge in [-0.3, -0.25) is 0 Å². The van der Waals surface area contributed by atoms with E-state index in [1.165, 1.54) is 12.1 Å². The highest BCUT2D eigenvalue weighted by Crippen LogP contribution is 2.25. The first-order valence-electron chi connectivity index (χ1n) is 7.96. The van der Waals surface area contributed by atoms with E-state index in [-0.39, 0.29) is 5.41 Å². The van der Waals surface area contributed by atoms with E-state index in [9.17, 15) is 0 Å². The summed E-state index contributed by atoms with van der Waals surface area (Å²) in [5.74, 6) is 1.61. The molecule has 0 fully saturated rings. The molecule has 0 amide bonds. The molecule has 0 aliphatic rings. The molecular weight excluding hydrogens is 260 g/mol. The van der Waals surface area contributed by atoms with Gasteiger partial charge in [0.1, 0.15) is 5.75 Å². The molecular formula is C18H32N2O. The third-order valence-electron chi connectivity index (χ3n) is 4.09. The Bertz CT molecular complexity index is 402. The van der Waals surface area contributed by atoms with Crippen molar-refractivity contribution in [3.63, 3.8) is 0 Å². The van der Waals surface area contributed by atoms with Crippen LogP contribution in [-0.4, -0.2) is 33.8 Å². The topological polar surface area (TPSA) is 24.5 Å². The van der Waals surface area contributed by atoms with E-state index in [1.807, 2.05) is 12.1 Å². The minimum atomic E-state index is 0.281. The zero-order chi connectivity index (χ0) is 15.9. The Morgan fingerprint density at radius 3 is 2.33 bits per heavy atom. The molecule has 0 aliphatic heterocycles. The van der Waals surface area contributed by atoms with Gasteiger partial charge in [-0.25, -0.2) is 0 Å². The van der Waals surface area contributed by atoms with Gasteiger partial charge >= 0.3 is 0 Å². The maximum Gasteiger partial charge on any atom is 0.119 e. The standard InChI is InChI=1S/C18H32N2O/c1-7-18(4,13-19-12-15(2)3)14-20(5)16-8-10-17(21-6)11-9-16/h8-11,15,19H,7,12-14H2,1-6H3. The lowest BCUT2D eigenvalue weighted by Gasteiger charge is -2.34. The molecule has 0 spiro atoms. The predicted octanol–water partition coefficient (Wildman–Crippen LogP) is 3.79. The maximum atomic E-state index is 5.22. The van der Waals surface area contributed by atoms with Crippen molar-refractivity contribution < 1.29 is 4.74 Å². The number of ether oxygens (including phenoxy) is 1. The number of anilines is 1. The first kappa shape index (κ1) is 17.8. The van der Waals surface area contributed by atoms with Crippen molar-refractivity contribution >= 4 is 5.69 Å². The molecule has 120 valence electrons. The van der Waals surface area contributed by atoms with Crippen molar-refractivity contribution in [2.75, 3.05) is 38.7 Å². The van der Waals surface area contributed by atoms with Crippen LogP contribution in [0.5, 0.6) is 5.75 Å². The van der Waals surface area contributed by atoms with Gasteiger partial charge in [-0.05, 0) is 48.6 Å². The molecule has 21 heavy (non-hydrogen) atoms. The Kier molecular flexibility index (Phi) is 7.03. The van der Waals surface area contributed by atoms with Crippen LogP contribution >= 0.6 is 0 Å². The molecule has 1 aromatic rings. The van der Waals surface area contributed by atoms with E-state index in [4.69, 9.17) is 4.74 Å². The molecule has 3 nitrogen and oxygen atoms in total. The predicted molar refractivity (Wildman–Crippen MR) is 92.4 cm³/mol. The van der Waals surface area contributed by atoms with Crippen LogP contribution in [0.4, 0.5) is 5.69 Å². The third-order valence-corrected chi connectivity index (χ3v) is 4.09. The molecule has 0 saturated heterocycles. The second kappa shape index (κ2) is 8.28. The van der Waals surface area contributed by atoms with Crippen molar-refractivity contribution in [1.29, 1.82) is 0 Å². The number of hydrogen-bond acceptors (Lipinski definition) is 3. The fourth-order valence-electron chi connectivity index (χ4n) is 2.46. The molecule has 0 aromatic heterocycles. The summed E-state index contributed by atoms with van der Waals surface area (Å²) in [6, 6.07) is 8.28. The third kappa shape index (κ3) is 5.96. The van der Waals surface area contributed by atoms with Crippen molar-refractivity contribution in [2.45, 2.75) is 34.1 Å². The number of nitrogens with one attached hydrogen (secondary N) is 1. The highest BCUT2D eigenvalue weighted by atomic mass is 16.5. The van der Waals surface area contributed by atoms with Crippen molar-refractivity contribution in [3.8, 4) is 5.75 Å². The van der Waals surface area contributed by atoms with E-state index >= 15 is 0 Å². The van der Waals surface area contributed by atoms with Gasteiger partial charge in [0.25, 0.3) is 0 Å². The number of rotatable bonds is 9. The molecule has 1 atom stereocenters. The van der Waals surface area contributed by atoms with Crippen LogP contribution in [0, 0.1) is 11.3 Å². The van der Waals surface area contributed by atoms with Crippen LogP contribution in [0.1, 0.15) is 34.1 Å². The van der Waals surface area contributed by atoms with E-state index < -0.39 is 0 Å². The van der Waals surface area contributed by atoms with Crippen molar-refractivity contribution in [2.24, 2.45) is 11.3 Å². The van der Waals surface area contributed by atoms with Gasteiger partial charge in [0.05, 0.1) is 7.11 Å². The van der Waals surface area contributed by atoms with E-state index in [0.717, 1.165) is 25.4 Å². The molecule has 0 bridgehead atoms. The van der Waals surface area contributed by atoms with Crippen molar-refractivity contribution in [1.82, 2.24) is 5.32 Å². The summed E-state index contributed by atoms with van der Waals surface area (Å²) >= 11 is 0. The number of benzene rings is 1. The quantitative estimate of drug-likeness (QED) is 0.749. The van der Waals surface area contributed by atoms with Crippen LogP contribution in [-0.2, 0) is 0 Å². The summed E-state index contributed by atoms with van der Waals surface area (Å²) in [5.41, 5.74) is 1.52. The highest BCUT2D eigenvalue weighted by molar-refractivity contribution is 5.48. The van der Waals surface area contributed by atoms with Crippen LogP contribution in [0.15, 0.2) is 24.3 Å². The van der Waals surface area contributed by atoms with Crippen molar-refractivity contribution in [3.05, 3.63) is 24.3 Å². The Balaban J connectivity index is 2.61. The SMILES string of the molecule is CCC(C)(CNCC(C)C)CN(C)c1ccc(OC)cc1. The first-order valence-corrected chi connectivity index (χ1v) is 7.96. The van der Waals surface area contributed by atoms with E-state index in [0.29, 0.717) is 5.92 Å². The highest BCUT2D eigenvalue weighted by Gasteiger charge is 2.24. The second-order valence-corrected chi connectivity index (χ2v) is 6.74. The maximum absolute atomic E-state index is 5.22. The summed E-state index contributed by atoms with van der Waals surface area (Å²) in [6.07, 6.45) is 1.17. The summed E-state index contributed by atoms with van der Waals surface area (Å²) in [4.78, 5) is 2.33. The second-order valence-electron chi connectivity index (χ2n) is 6.74. The molecule has 0 heterocycles. The molecule has 1 unspecified atom stereocenters. The normalized spacial score (nSPS) is 14.0. The molecule has 0 saturated carbocycles. The van der Waals surface area contributed by atoms with Gasteiger partial charge in [0.15, 0.2) is 0 Å². The average Bonchev–Trinajstić information content (AvgIpc) is 2.46. The Morgan fingerprint density at radius 1 is 1.24 bits per heavy atom. The monoisotopic (exact) mass is 292 g/mol. The Morgan fingerprint density at radius 2 is 1.86 bits per heavy atom. The largest absolute Gasteiger partial charge is 0.497 e. The summed E-state index contributed by atoms with van der Waals surface area (Å²) in [5, 5.41) is 3.60. The van der Waals surface area contributed by atoms with Crippen LogP contribution in [0.3, 0.4) is 0 Å². The van der Waals surface area contributed by atoms with E-state index in [2.05, 4.69) is 57.1 Å². The summed E-state index contributed by atoms with van der Waals surface area (Å²) in [7, 11) is 3.87. The molecule has 1 rings (SSSR count). The lowest BCUT2D eigenvalue weighted by Crippen LogP contribution is -2.41. The van der Waals surface area contributed by atoms with Crippen LogP contribution in [0.25, 0.3) is 0 Å². The molecule has 0 aliphatic carbocycles. The summed E-state index contributed by atoms with van der Waals surface area (Å²) < 4.78 is 5.22. The molecule has 0 radical (unpaired) electrons. The summed E-state index contributed by atoms with van der Waals surface area (Å²) in [6.45, 7) is 12.3. The smallest absolute Gasteiger partial charge is 0.119 e. The molecule has 1 N–H and O–H groups in total. The van der Waals surface area contributed by atoms with Gasteiger partial charge in [0, 0.05) is 25.8 Å². The molecule has 1 aromatic carbocycles. The van der Waals surface area contributed by atoms with Gasteiger partial charge in [-0.15, -0.1) is 0 Å². The lowest BCUT2D eigenvalue weighted by molar-refractivity contribution is 0.294. The minimum Gasteiger partial charge on any atom is -0.497 e. The van der Waals surface area contributed by atoms with Gasteiger partial charge in [0.2, 0.25) is 0 Å². The van der Waals surface area contributed by atoms with Gasteiger partial charge in [-0.1, -0.05) is 27.7 Å². The number of methoxy groups -OCH3 is 1. The lowest BCUT2D eigenvalue weighted by atomic mass is 9.86. The van der Waals surface area contributed by atoms with Crippen LogP contribution in [0.2, 0.25) is 0 Å². The molecule has 3 heteroatoms. The Hall–Kier alpha value is -1.22. The minimum absolute atomic E-state index is 0.281. The fraction of sp³-hybridized carbons (Fsp3) is 0.667. The fourth-order valence-corrected chi connectivity index (χ4v) is 2.46. The average molecular weight is 292 g/mol. The van der Waals surface area contributed by atoms with Crippen LogP contribution < -0.4 is 15.0 Å². The first-order chi connectivity index (χ1) is 9.90. The van der Waals surface area contributed by atoms with Gasteiger partial charge in [-0.2, -0.15) is 0 Å². The zero-order valence-corrected chi connectivity index (χ0v) is 14.6.